The Balaban J connectivity index is -0.0000000457. The molecule has 0 aliphatic heterocycles. The predicted molar refractivity (Wildman–Crippen MR) is 73.4 cm³/mol. The van der Waals surface area contributed by atoms with Crippen molar-refractivity contribution in [3.63, 3.8) is 0 Å². The van der Waals surface area contributed by atoms with Crippen LogP contribution in [-0.2, 0) is 0 Å². The molecule has 0 fully saturated rings. The minimum absolute atomic E-state index is 0. The van der Waals surface area contributed by atoms with E-state index in [9.17, 15) is 0 Å². The van der Waals surface area contributed by atoms with Crippen LogP contribution in [0.2, 0.25) is 0 Å². The van der Waals surface area contributed by atoms with Crippen LogP contribution in [0.3, 0.4) is 0 Å². The van der Waals surface area contributed by atoms with Crippen molar-refractivity contribution in [2.45, 2.75) is 0 Å². The number of hydrogen-bond acceptors (Lipinski definition) is 2. The molecule has 8 heteroatoms. The minimum atomic E-state index is -0.810. The van der Waals surface area contributed by atoms with E-state index in [1.807, 2.05) is 0 Å². The van der Waals surface area contributed by atoms with Gasteiger partial charge in [0.2, 0.25) is 0 Å². The molecular formula is C4H14Cl2O2P4. The van der Waals surface area contributed by atoms with Crippen LogP contribution in [0.5, 0.6) is 0 Å². The van der Waals surface area contributed by atoms with E-state index in [0.717, 1.165) is 0 Å². The zero-order valence-electron chi connectivity index (χ0n) is 6.76. The van der Waals surface area contributed by atoms with E-state index in [0.29, 0.717) is 0 Å². The highest BCUT2D eigenvalue weighted by Crippen LogP contribution is 2.18. The molecule has 0 saturated carbocycles. The molecule has 2 atom stereocenters. The van der Waals surface area contributed by atoms with Crippen LogP contribution in [0.15, 0.2) is 0 Å². The van der Waals surface area contributed by atoms with Crippen LogP contribution in [0.1, 0.15) is 0 Å². The zero-order chi connectivity index (χ0) is 8.57. The van der Waals surface area contributed by atoms with Crippen molar-refractivity contribution in [2.75, 3.05) is 13.3 Å². The van der Waals surface area contributed by atoms with Gasteiger partial charge < -0.3 is 9.79 Å². The van der Waals surface area contributed by atoms with Gasteiger partial charge in [-0.3, -0.25) is 0 Å². The Morgan fingerprint density at radius 3 is 1.00 bits per heavy atom. The summed E-state index contributed by atoms with van der Waals surface area (Å²) in [6.07, 6.45) is 0. The summed E-state index contributed by atoms with van der Waals surface area (Å²) in [5.41, 5.74) is 3.19. The van der Waals surface area contributed by atoms with Gasteiger partial charge in [-0.05, 0) is 24.4 Å². The maximum Gasteiger partial charge on any atom is 0.0498 e. The number of rotatable bonds is 2. The summed E-state index contributed by atoms with van der Waals surface area (Å²) in [5.74, 6) is 0. The average molecular weight is 289 g/mol. The molecule has 12 heavy (non-hydrogen) atoms. The predicted octanol–water partition coefficient (Wildman–Crippen LogP) is 2.66. The van der Waals surface area contributed by atoms with Crippen molar-refractivity contribution >= 4 is 69.9 Å². The first-order chi connectivity index (χ1) is 4.54. The Hall–Kier alpha value is 1.70. The third-order valence-electron chi connectivity index (χ3n) is 0.374. The quantitative estimate of drug-likeness (QED) is 0.767. The van der Waals surface area contributed by atoms with Crippen molar-refractivity contribution < 1.29 is 9.79 Å². The molecule has 0 rings (SSSR count). The Kier molecular flexibility index (Phi) is 36.2. The zero-order valence-corrected chi connectivity index (χ0v) is 12.2. The Morgan fingerprint density at radius 1 is 0.917 bits per heavy atom. The van der Waals surface area contributed by atoms with Gasteiger partial charge in [0.1, 0.15) is 0 Å². The van der Waals surface area contributed by atoms with E-state index in [1.165, 1.54) is 0 Å². The Bertz CT molecular complexity index is 89.1. The summed E-state index contributed by atoms with van der Waals surface area (Å²) in [4.78, 5) is 16.6. The molecule has 2 N–H and O–H groups in total. The topological polar surface area (TPSA) is 40.5 Å². The lowest BCUT2D eigenvalue weighted by Gasteiger charge is -1.83. The van der Waals surface area contributed by atoms with E-state index >= 15 is 0 Å². The normalized spacial score (nSPS) is 11.7. The molecule has 0 heterocycles. The molecule has 0 bridgehead atoms. The lowest BCUT2D eigenvalue weighted by Crippen LogP contribution is -1.57. The van der Waals surface area contributed by atoms with Gasteiger partial charge in [-0.25, -0.2) is 0 Å². The van der Waals surface area contributed by atoms with Crippen molar-refractivity contribution in [1.29, 1.82) is 0 Å². The monoisotopic (exact) mass is 288 g/mol. The second-order valence-electron chi connectivity index (χ2n) is 1.41. The van der Waals surface area contributed by atoms with E-state index in [2.05, 4.69) is 17.7 Å². The minimum Gasteiger partial charge on any atom is -0.370 e. The SMILES string of the molecule is CP(O)C=P.CP(O)C=P.Cl.Cl. The number of hydrogen-bond donors (Lipinski definition) is 2. The van der Waals surface area contributed by atoms with Gasteiger partial charge in [-0.1, -0.05) is 0 Å². The van der Waals surface area contributed by atoms with Crippen LogP contribution in [0.25, 0.3) is 0 Å². The molecule has 2 nitrogen and oxygen atoms in total. The highest BCUT2D eigenvalue weighted by molar-refractivity contribution is 7.74. The summed E-state index contributed by atoms with van der Waals surface area (Å²) in [7, 11) is 4.40. The van der Waals surface area contributed by atoms with E-state index < -0.39 is 16.3 Å². The first kappa shape index (κ1) is 23.5. The van der Waals surface area contributed by atoms with Gasteiger partial charge in [0.15, 0.2) is 0 Å². The maximum atomic E-state index is 8.32. The van der Waals surface area contributed by atoms with Crippen molar-refractivity contribution in [1.82, 2.24) is 0 Å². The van der Waals surface area contributed by atoms with Gasteiger partial charge >= 0.3 is 0 Å². The van der Waals surface area contributed by atoms with Gasteiger partial charge in [0.25, 0.3) is 0 Å². The molecule has 0 saturated heterocycles. The highest BCUT2D eigenvalue weighted by atomic mass is 35.5. The molecule has 0 aromatic carbocycles. The van der Waals surface area contributed by atoms with Gasteiger partial charge in [-0.15, -0.1) is 42.5 Å². The molecule has 0 radical (unpaired) electrons. The average Bonchev–Trinajstić information content (AvgIpc) is 1.89. The molecule has 0 aliphatic rings. The molecular weight excluding hydrogens is 275 g/mol. The van der Waals surface area contributed by atoms with Crippen LogP contribution < -0.4 is 0 Å². The fraction of sp³-hybridized carbons (Fsp3) is 0.500. The largest absolute Gasteiger partial charge is 0.370 e. The smallest absolute Gasteiger partial charge is 0.0498 e. The molecule has 0 spiro atoms. The van der Waals surface area contributed by atoms with E-state index in [1.54, 1.807) is 24.4 Å². The molecule has 0 amide bonds. The molecule has 76 valence electrons. The fourth-order valence-corrected chi connectivity index (χ4v) is 0. The van der Waals surface area contributed by atoms with Crippen LogP contribution >= 0.6 is 58.8 Å². The third-order valence-corrected chi connectivity index (χ3v) is 3.36. The summed E-state index contributed by atoms with van der Waals surface area (Å²) in [6.45, 7) is 3.48. The molecule has 0 aromatic heterocycles. The lowest BCUT2D eigenvalue weighted by atomic mass is 11.9. The standard InChI is InChI=1S/2C2H6OP2.2ClH/c2*1-5(3)2-4;;/h2*2-4H,1H3;2*1H. The van der Waals surface area contributed by atoms with Crippen LogP contribution in [-0.4, -0.2) is 34.2 Å². The van der Waals surface area contributed by atoms with Crippen LogP contribution in [0, 0.1) is 0 Å². The third kappa shape index (κ3) is 41.2. The van der Waals surface area contributed by atoms with Crippen molar-refractivity contribution in [3.8, 4) is 0 Å². The van der Waals surface area contributed by atoms with Gasteiger partial charge in [-0.2, -0.15) is 0 Å². The second-order valence-corrected chi connectivity index (χ2v) is 5.77. The lowest BCUT2D eigenvalue weighted by molar-refractivity contribution is 0.644. The Morgan fingerprint density at radius 2 is 1.00 bits per heavy atom. The summed E-state index contributed by atoms with van der Waals surface area (Å²) < 4.78 is 0. The van der Waals surface area contributed by atoms with Crippen LogP contribution in [0.4, 0.5) is 0 Å². The van der Waals surface area contributed by atoms with E-state index in [4.69, 9.17) is 9.79 Å². The summed E-state index contributed by atoms with van der Waals surface area (Å²) in [5, 5.41) is 0. The van der Waals surface area contributed by atoms with Gasteiger partial charge in [0.05, 0.1) is 0 Å². The fourth-order valence-electron chi connectivity index (χ4n) is 0. The maximum absolute atomic E-state index is 8.32. The van der Waals surface area contributed by atoms with E-state index in [-0.39, 0.29) is 24.8 Å². The highest BCUT2D eigenvalue weighted by Gasteiger charge is 1.76. The summed E-state index contributed by atoms with van der Waals surface area (Å²) >= 11 is 0. The number of halogens is 2. The molecule has 0 aliphatic carbocycles. The Labute approximate surface area is 93.1 Å². The molecule has 0 aromatic rings. The second kappa shape index (κ2) is 18.5. The first-order valence-corrected chi connectivity index (χ1v) is 7.16. The van der Waals surface area contributed by atoms with Crippen molar-refractivity contribution in [2.24, 2.45) is 0 Å². The van der Waals surface area contributed by atoms with Crippen molar-refractivity contribution in [3.05, 3.63) is 0 Å². The molecule has 2 unspecified atom stereocenters. The van der Waals surface area contributed by atoms with Gasteiger partial charge in [0, 0.05) is 16.3 Å². The summed E-state index contributed by atoms with van der Waals surface area (Å²) in [6, 6.07) is 0. The first-order valence-electron chi connectivity index (χ1n) is 2.39.